The van der Waals surface area contributed by atoms with Crippen LogP contribution in [0.15, 0.2) is 22.8 Å². The van der Waals surface area contributed by atoms with E-state index < -0.39 is 0 Å². The summed E-state index contributed by atoms with van der Waals surface area (Å²) in [6, 6.07) is 3.90. The molecule has 1 aliphatic heterocycles. The van der Waals surface area contributed by atoms with Crippen molar-refractivity contribution in [1.29, 1.82) is 0 Å². The molecule has 17 heavy (non-hydrogen) atoms. The molecule has 2 heterocycles. The molecule has 0 aliphatic carbocycles. The van der Waals surface area contributed by atoms with E-state index in [0.717, 1.165) is 51.7 Å². The van der Waals surface area contributed by atoms with Gasteiger partial charge in [0.1, 0.15) is 5.76 Å². The standard InChI is InChI=1S/C11H18N2O2.2ClH/c1-2-11(15-7-1)10-12-3-4-13-5-8-14-9-6-13;;/h1-2,7,12H,3-6,8-10H2;2*1H. The molecule has 100 valence electrons. The first-order valence-corrected chi connectivity index (χ1v) is 5.48. The molecule has 0 amide bonds. The van der Waals surface area contributed by atoms with Gasteiger partial charge in [0.2, 0.25) is 0 Å². The molecule has 0 radical (unpaired) electrons. The highest BCUT2D eigenvalue weighted by molar-refractivity contribution is 5.85. The summed E-state index contributed by atoms with van der Waals surface area (Å²) in [6.45, 7) is 6.77. The van der Waals surface area contributed by atoms with E-state index in [-0.39, 0.29) is 24.8 Å². The molecule has 1 aromatic heterocycles. The van der Waals surface area contributed by atoms with E-state index in [2.05, 4.69) is 10.2 Å². The number of hydrogen-bond acceptors (Lipinski definition) is 4. The number of furan rings is 1. The molecule has 2 rings (SSSR count). The lowest BCUT2D eigenvalue weighted by Crippen LogP contribution is -2.40. The Labute approximate surface area is 115 Å². The van der Waals surface area contributed by atoms with Crippen LogP contribution in [0.3, 0.4) is 0 Å². The summed E-state index contributed by atoms with van der Waals surface area (Å²) >= 11 is 0. The van der Waals surface area contributed by atoms with Crippen molar-refractivity contribution in [3.05, 3.63) is 24.2 Å². The molecule has 0 spiro atoms. The zero-order valence-corrected chi connectivity index (χ0v) is 11.4. The summed E-state index contributed by atoms with van der Waals surface area (Å²) in [4.78, 5) is 2.42. The van der Waals surface area contributed by atoms with Crippen LogP contribution in [0.25, 0.3) is 0 Å². The molecule has 4 nitrogen and oxygen atoms in total. The quantitative estimate of drug-likeness (QED) is 0.832. The van der Waals surface area contributed by atoms with Gasteiger partial charge in [-0.05, 0) is 12.1 Å². The van der Waals surface area contributed by atoms with Crippen LogP contribution >= 0.6 is 24.8 Å². The van der Waals surface area contributed by atoms with Crippen molar-refractivity contribution in [3.8, 4) is 0 Å². The molecule has 1 N–H and O–H groups in total. The molecule has 1 fully saturated rings. The molecule has 1 aliphatic rings. The van der Waals surface area contributed by atoms with Crippen LogP contribution in [0.5, 0.6) is 0 Å². The molecule has 0 atom stereocenters. The number of rotatable bonds is 5. The highest BCUT2D eigenvalue weighted by Gasteiger charge is 2.08. The maximum absolute atomic E-state index is 5.29. The summed E-state index contributed by atoms with van der Waals surface area (Å²) in [5.41, 5.74) is 0. The van der Waals surface area contributed by atoms with E-state index >= 15 is 0 Å². The summed E-state index contributed by atoms with van der Waals surface area (Å²) < 4.78 is 10.5. The van der Waals surface area contributed by atoms with Gasteiger partial charge < -0.3 is 14.5 Å². The third-order valence-electron chi connectivity index (χ3n) is 2.59. The van der Waals surface area contributed by atoms with Gasteiger partial charge in [0, 0.05) is 26.2 Å². The van der Waals surface area contributed by atoms with Gasteiger partial charge in [0.25, 0.3) is 0 Å². The summed E-state index contributed by atoms with van der Waals surface area (Å²) in [5, 5.41) is 3.36. The van der Waals surface area contributed by atoms with Crippen molar-refractivity contribution < 1.29 is 9.15 Å². The molecule has 0 aromatic carbocycles. The second kappa shape index (κ2) is 9.74. The average Bonchev–Trinajstić information content (AvgIpc) is 2.79. The zero-order chi connectivity index (χ0) is 10.3. The Hall–Kier alpha value is -0.260. The fourth-order valence-corrected chi connectivity index (χ4v) is 1.69. The Balaban J connectivity index is 0.00000128. The molecule has 0 saturated carbocycles. The summed E-state index contributed by atoms with van der Waals surface area (Å²) in [6.07, 6.45) is 1.71. The number of nitrogens with zero attached hydrogens (tertiary/aromatic N) is 1. The highest BCUT2D eigenvalue weighted by Crippen LogP contribution is 1.98. The predicted molar refractivity (Wildman–Crippen MR) is 72.2 cm³/mol. The maximum Gasteiger partial charge on any atom is 0.117 e. The van der Waals surface area contributed by atoms with Gasteiger partial charge in [-0.15, -0.1) is 24.8 Å². The molecule has 0 unspecified atom stereocenters. The molecule has 1 aromatic rings. The van der Waals surface area contributed by atoms with E-state index in [0.29, 0.717) is 0 Å². The first kappa shape index (κ1) is 16.7. The number of ether oxygens (including phenoxy) is 1. The SMILES string of the molecule is Cl.Cl.c1coc(CNCCN2CCOCC2)c1. The second-order valence-corrected chi connectivity index (χ2v) is 3.71. The van der Waals surface area contributed by atoms with Crippen molar-refractivity contribution >= 4 is 24.8 Å². The highest BCUT2D eigenvalue weighted by atomic mass is 35.5. The van der Waals surface area contributed by atoms with Gasteiger partial charge in [-0.3, -0.25) is 4.90 Å². The lowest BCUT2D eigenvalue weighted by atomic mass is 10.4. The largest absolute Gasteiger partial charge is 0.468 e. The Morgan fingerprint density at radius 2 is 2.00 bits per heavy atom. The number of nitrogens with one attached hydrogen (secondary N) is 1. The minimum Gasteiger partial charge on any atom is -0.468 e. The van der Waals surface area contributed by atoms with E-state index in [1.54, 1.807) is 6.26 Å². The molecular weight excluding hydrogens is 263 g/mol. The fraction of sp³-hybridized carbons (Fsp3) is 0.636. The lowest BCUT2D eigenvalue weighted by molar-refractivity contribution is 0.0383. The van der Waals surface area contributed by atoms with E-state index in [1.807, 2.05) is 12.1 Å². The Morgan fingerprint density at radius 3 is 2.65 bits per heavy atom. The van der Waals surface area contributed by atoms with Crippen LogP contribution in [0.2, 0.25) is 0 Å². The molecular formula is C11H20Cl2N2O2. The van der Waals surface area contributed by atoms with Crippen molar-refractivity contribution in [2.75, 3.05) is 39.4 Å². The van der Waals surface area contributed by atoms with E-state index in [9.17, 15) is 0 Å². The van der Waals surface area contributed by atoms with Gasteiger partial charge in [-0.25, -0.2) is 0 Å². The van der Waals surface area contributed by atoms with Crippen LogP contribution < -0.4 is 5.32 Å². The van der Waals surface area contributed by atoms with Crippen molar-refractivity contribution in [2.45, 2.75) is 6.54 Å². The first-order valence-electron chi connectivity index (χ1n) is 5.48. The van der Waals surface area contributed by atoms with Gasteiger partial charge in [-0.2, -0.15) is 0 Å². The van der Waals surface area contributed by atoms with Crippen molar-refractivity contribution in [2.24, 2.45) is 0 Å². The predicted octanol–water partition coefficient (Wildman–Crippen LogP) is 1.54. The normalized spacial score (nSPS) is 16.0. The Kier molecular flexibility index (Phi) is 9.59. The minimum absolute atomic E-state index is 0. The molecule has 6 heteroatoms. The second-order valence-electron chi connectivity index (χ2n) is 3.71. The van der Waals surface area contributed by atoms with Gasteiger partial charge >= 0.3 is 0 Å². The Bertz CT molecular complexity index is 264. The summed E-state index contributed by atoms with van der Waals surface area (Å²) in [5.74, 6) is 0.997. The van der Waals surface area contributed by atoms with Gasteiger partial charge in [0.05, 0.1) is 26.0 Å². The Morgan fingerprint density at radius 1 is 1.24 bits per heavy atom. The number of morpholine rings is 1. The topological polar surface area (TPSA) is 37.6 Å². The summed E-state index contributed by atoms with van der Waals surface area (Å²) in [7, 11) is 0. The maximum atomic E-state index is 5.29. The van der Waals surface area contributed by atoms with Crippen LogP contribution in [-0.2, 0) is 11.3 Å². The zero-order valence-electron chi connectivity index (χ0n) is 9.76. The van der Waals surface area contributed by atoms with Crippen molar-refractivity contribution in [1.82, 2.24) is 10.2 Å². The minimum atomic E-state index is 0. The van der Waals surface area contributed by atoms with Crippen LogP contribution in [0, 0.1) is 0 Å². The lowest BCUT2D eigenvalue weighted by Gasteiger charge is -2.26. The third kappa shape index (κ3) is 6.29. The monoisotopic (exact) mass is 282 g/mol. The van der Waals surface area contributed by atoms with Crippen LogP contribution in [-0.4, -0.2) is 44.3 Å². The van der Waals surface area contributed by atoms with E-state index in [4.69, 9.17) is 9.15 Å². The number of hydrogen-bond donors (Lipinski definition) is 1. The van der Waals surface area contributed by atoms with Gasteiger partial charge in [-0.1, -0.05) is 0 Å². The van der Waals surface area contributed by atoms with Crippen LogP contribution in [0.1, 0.15) is 5.76 Å². The molecule has 0 bridgehead atoms. The first-order chi connectivity index (χ1) is 7.45. The van der Waals surface area contributed by atoms with Gasteiger partial charge in [0.15, 0.2) is 0 Å². The van der Waals surface area contributed by atoms with Crippen molar-refractivity contribution in [3.63, 3.8) is 0 Å². The molecule has 1 saturated heterocycles. The van der Waals surface area contributed by atoms with Crippen LogP contribution in [0.4, 0.5) is 0 Å². The smallest absolute Gasteiger partial charge is 0.117 e. The average molecular weight is 283 g/mol. The number of halogens is 2. The third-order valence-corrected chi connectivity index (χ3v) is 2.59. The fourth-order valence-electron chi connectivity index (χ4n) is 1.69. The van der Waals surface area contributed by atoms with E-state index in [1.165, 1.54) is 0 Å².